The van der Waals surface area contributed by atoms with Gasteiger partial charge in [0.25, 0.3) is 0 Å². The standard InChI is InChI=1S/C23H26BrF2N5O4/c1-23(2,3)35-22(32)30(8-7-29-9-11-33-12-10-29)19-13-18(28-21-15(24)14-27-31(19)21)34-17-6-4-5-16(25)20(17)26/h4-6,13-14H,7-12H2,1-3H3. The van der Waals surface area contributed by atoms with Crippen LogP contribution >= 0.6 is 15.9 Å². The van der Waals surface area contributed by atoms with Crippen molar-refractivity contribution >= 4 is 33.5 Å². The third-order valence-corrected chi connectivity index (χ3v) is 5.71. The third-order valence-electron chi connectivity index (χ3n) is 5.15. The number of carbonyl (C=O) groups excluding carboxylic acids is 1. The van der Waals surface area contributed by atoms with Gasteiger partial charge in [-0.05, 0) is 48.8 Å². The van der Waals surface area contributed by atoms with Crippen molar-refractivity contribution in [2.45, 2.75) is 26.4 Å². The van der Waals surface area contributed by atoms with Gasteiger partial charge in [-0.3, -0.25) is 9.80 Å². The molecule has 0 radical (unpaired) electrons. The van der Waals surface area contributed by atoms with E-state index in [1.807, 2.05) is 0 Å². The topological polar surface area (TPSA) is 81.4 Å². The lowest BCUT2D eigenvalue weighted by Crippen LogP contribution is -2.45. The highest BCUT2D eigenvalue weighted by Gasteiger charge is 2.28. The molecule has 0 unspecified atom stereocenters. The first-order chi connectivity index (χ1) is 16.6. The van der Waals surface area contributed by atoms with Gasteiger partial charge in [0.1, 0.15) is 11.4 Å². The van der Waals surface area contributed by atoms with Gasteiger partial charge < -0.3 is 14.2 Å². The van der Waals surface area contributed by atoms with Gasteiger partial charge in [0.05, 0.1) is 23.9 Å². The fourth-order valence-electron chi connectivity index (χ4n) is 3.50. The number of fused-ring (bicyclic) bond motifs is 1. The molecule has 0 bridgehead atoms. The van der Waals surface area contributed by atoms with E-state index in [0.29, 0.717) is 35.7 Å². The van der Waals surface area contributed by atoms with Crippen molar-refractivity contribution in [3.63, 3.8) is 0 Å². The Hall–Kier alpha value is -2.83. The van der Waals surface area contributed by atoms with Crippen LogP contribution in [0.4, 0.5) is 19.4 Å². The fraction of sp³-hybridized carbons (Fsp3) is 0.435. The normalized spacial score (nSPS) is 14.8. The Morgan fingerprint density at radius 2 is 2.00 bits per heavy atom. The van der Waals surface area contributed by atoms with Gasteiger partial charge >= 0.3 is 6.09 Å². The van der Waals surface area contributed by atoms with Crippen LogP contribution in [0.2, 0.25) is 0 Å². The summed E-state index contributed by atoms with van der Waals surface area (Å²) in [5, 5.41) is 4.33. The van der Waals surface area contributed by atoms with Gasteiger partial charge in [-0.1, -0.05) is 6.07 Å². The molecule has 1 fully saturated rings. The van der Waals surface area contributed by atoms with Crippen LogP contribution in [0.3, 0.4) is 0 Å². The van der Waals surface area contributed by atoms with Crippen LogP contribution in [-0.2, 0) is 9.47 Å². The lowest BCUT2D eigenvalue weighted by Gasteiger charge is -2.31. The summed E-state index contributed by atoms with van der Waals surface area (Å²) < 4.78 is 46.6. The van der Waals surface area contributed by atoms with Crippen LogP contribution in [0.15, 0.2) is 34.9 Å². The van der Waals surface area contributed by atoms with Crippen LogP contribution in [0, 0.1) is 11.6 Å². The largest absolute Gasteiger partial charge is 0.443 e. The molecule has 3 aromatic rings. The van der Waals surface area contributed by atoms with Gasteiger partial charge in [-0.15, -0.1) is 0 Å². The van der Waals surface area contributed by atoms with Gasteiger partial charge in [-0.25, -0.2) is 9.18 Å². The van der Waals surface area contributed by atoms with Crippen molar-refractivity contribution < 1.29 is 27.8 Å². The molecule has 0 saturated carbocycles. The number of nitrogens with zero attached hydrogens (tertiary/aromatic N) is 5. The maximum Gasteiger partial charge on any atom is 0.416 e. The first-order valence-corrected chi connectivity index (χ1v) is 11.9. The van der Waals surface area contributed by atoms with Crippen molar-refractivity contribution in [3.8, 4) is 11.6 Å². The lowest BCUT2D eigenvalue weighted by molar-refractivity contribution is 0.0374. The molecule has 0 atom stereocenters. The van der Waals surface area contributed by atoms with Crippen LogP contribution in [-0.4, -0.2) is 70.6 Å². The zero-order valence-corrected chi connectivity index (χ0v) is 21.2. The molecule has 35 heavy (non-hydrogen) atoms. The second-order valence-electron chi connectivity index (χ2n) is 8.92. The summed E-state index contributed by atoms with van der Waals surface area (Å²) in [5.74, 6) is -2.26. The minimum Gasteiger partial charge on any atom is -0.443 e. The van der Waals surface area contributed by atoms with Crippen LogP contribution < -0.4 is 9.64 Å². The van der Waals surface area contributed by atoms with Crippen molar-refractivity contribution in [1.82, 2.24) is 19.5 Å². The molecule has 1 aromatic carbocycles. The first-order valence-electron chi connectivity index (χ1n) is 11.1. The van der Waals surface area contributed by atoms with E-state index in [0.717, 1.165) is 19.2 Å². The molecular formula is C23H26BrF2N5O4. The quantitative estimate of drug-likeness (QED) is 0.440. The Labute approximate surface area is 209 Å². The number of carbonyl (C=O) groups is 1. The Kier molecular flexibility index (Phi) is 7.53. The van der Waals surface area contributed by atoms with E-state index < -0.39 is 23.3 Å². The Bertz CT molecular complexity index is 1210. The average Bonchev–Trinajstić information content (AvgIpc) is 3.17. The van der Waals surface area contributed by atoms with E-state index in [2.05, 4.69) is 30.9 Å². The summed E-state index contributed by atoms with van der Waals surface area (Å²) in [6.07, 6.45) is 0.931. The first kappa shape index (κ1) is 25.3. The smallest absolute Gasteiger partial charge is 0.416 e. The van der Waals surface area contributed by atoms with Crippen molar-refractivity contribution in [3.05, 3.63) is 46.6 Å². The van der Waals surface area contributed by atoms with Crippen LogP contribution in [0.25, 0.3) is 5.65 Å². The maximum atomic E-state index is 14.3. The molecular weight excluding hydrogens is 528 g/mol. The van der Waals surface area contributed by atoms with E-state index in [1.54, 1.807) is 20.8 Å². The number of anilines is 1. The van der Waals surface area contributed by atoms with Crippen molar-refractivity contribution in [1.29, 1.82) is 0 Å². The summed E-state index contributed by atoms with van der Waals surface area (Å²) in [6, 6.07) is 5.06. The molecule has 1 amide bonds. The molecule has 1 aliphatic heterocycles. The summed E-state index contributed by atoms with van der Waals surface area (Å²) >= 11 is 3.39. The molecule has 0 spiro atoms. The predicted octanol–water partition coefficient (Wildman–Crippen LogP) is 4.64. The minimum absolute atomic E-state index is 0.0434. The van der Waals surface area contributed by atoms with Crippen molar-refractivity contribution in [2.75, 3.05) is 44.3 Å². The van der Waals surface area contributed by atoms with Crippen LogP contribution in [0.1, 0.15) is 20.8 Å². The van der Waals surface area contributed by atoms with E-state index in [1.165, 1.54) is 33.8 Å². The van der Waals surface area contributed by atoms with E-state index >= 15 is 0 Å². The van der Waals surface area contributed by atoms with E-state index in [9.17, 15) is 13.6 Å². The Morgan fingerprint density at radius 3 is 2.71 bits per heavy atom. The van der Waals surface area contributed by atoms with E-state index in [4.69, 9.17) is 14.2 Å². The second-order valence-corrected chi connectivity index (χ2v) is 9.77. The van der Waals surface area contributed by atoms with Crippen molar-refractivity contribution in [2.24, 2.45) is 0 Å². The fourth-order valence-corrected chi connectivity index (χ4v) is 3.85. The van der Waals surface area contributed by atoms with Gasteiger partial charge in [0, 0.05) is 32.2 Å². The monoisotopic (exact) mass is 553 g/mol. The number of rotatable bonds is 6. The maximum absolute atomic E-state index is 14.3. The SMILES string of the molecule is CC(C)(C)OC(=O)N(CCN1CCOCC1)c1cc(Oc2cccc(F)c2F)nc2c(Br)cnn12. The van der Waals surface area contributed by atoms with Gasteiger partial charge in [0.15, 0.2) is 17.2 Å². The average molecular weight is 554 g/mol. The zero-order valence-electron chi connectivity index (χ0n) is 19.6. The minimum atomic E-state index is -1.14. The zero-order chi connectivity index (χ0) is 25.2. The Balaban J connectivity index is 1.73. The number of hydrogen-bond donors (Lipinski definition) is 0. The summed E-state index contributed by atoms with van der Waals surface area (Å²) in [5.41, 5.74) is -0.413. The van der Waals surface area contributed by atoms with Crippen LogP contribution in [0.5, 0.6) is 11.6 Å². The molecule has 9 nitrogen and oxygen atoms in total. The number of benzene rings is 1. The van der Waals surface area contributed by atoms with E-state index in [-0.39, 0.29) is 18.2 Å². The highest BCUT2D eigenvalue weighted by molar-refractivity contribution is 9.10. The highest BCUT2D eigenvalue weighted by Crippen LogP contribution is 2.31. The summed E-state index contributed by atoms with van der Waals surface area (Å²) in [7, 11) is 0. The molecule has 0 aliphatic carbocycles. The second kappa shape index (κ2) is 10.4. The predicted molar refractivity (Wildman–Crippen MR) is 128 cm³/mol. The number of ether oxygens (including phenoxy) is 3. The van der Waals surface area contributed by atoms with Gasteiger partial charge in [0.2, 0.25) is 11.7 Å². The third kappa shape index (κ3) is 6.06. The number of aromatic nitrogens is 3. The Morgan fingerprint density at radius 1 is 1.26 bits per heavy atom. The highest BCUT2D eigenvalue weighted by atomic mass is 79.9. The number of halogens is 3. The number of morpholine rings is 1. The molecule has 1 saturated heterocycles. The summed E-state index contributed by atoms with van der Waals surface area (Å²) in [6.45, 7) is 8.90. The molecule has 188 valence electrons. The molecule has 3 heterocycles. The molecule has 0 N–H and O–H groups in total. The number of hydrogen-bond acceptors (Lipinski definition) is 7. The molecule has 4 rings (SSSR count). The lowest BCUT2D eigenvalue weighted by atomic mass is 10.2. The molecule has 1 aliphatic rings. The molecule has 12 heteroatoms. The summed E-state index contributed by atoms with van der Waals surface area (Å²) in [4.78, 5) is 21.3. The molecule has 2 aromatic heterocycles. The number of amides is 1. The van der Waals surface area contributed by atoms with Gasteiger partial charge in [-0.2, -0.15) is 19.0 Å².